The van der Waals surface area contributed by atoms with Crippen LogP contribution in [0.25, 0.3) is 11.0 Å². The molecule has 0 aromatic carbocycles. The van der Waals surface area contributed by atoms with Crippen molar-refractivity contribution >= 4 is 41.8 Å². The van der Waals surface area contributed by atoms with E-state index in [0.717, 1.165) is 11.1 Å². The molecule has 0 spiro atoms. The number of H-pyrrole nitrogens is 1. The van der Waals surface area contributed by atoms with Crippen molar-refractivity contribution in [3.05, 3.63) is 23.5 Å². The number of nitrogens with one attached hydrogen (secondary N) is 1. The number of hydrogen-bond acceptors (Lipinski definition) is 4. The number of halogens is 2. The Balaban J connectivity index is 0.00000180. The van der Waals surface area contributed by atoms with Crippen LogP contribution in [0.1, 0.15) is 23.0 Å². The van der Waals surface area contributed by atoms with Crippen LogP contribution in [0.15, 0.2) is 12.3 Å². The number of aryl methyl sites for hydroxylation is 1. The van der Waals surface area contributed by atoms with E-state index in [1.807, 2.05) is 19.9 Å². The normalized spacial score (nSPS) is 11.4. The van der Waals surface area contributed by atoms with Crippen molar-refractivity contribution in [1.82, 2.24) is 20.1 Å². The van der Waals surface area contributed by atoms with Gasteiger partial charge in [0, 0.05) is 36.9 Å². The maximum atomic E-state index is 12.2. The third-order valence-electron chi connectivity index (χ3n) is 3.17. The average molecular weight is 320 g/mol. The molecule has 2 rings (SSSR count). The van der Waals surface area contributed by atoms with Crippen LogP contribution in [0.3, 0.4) is 0 Å². The predicted molar refractivity (Wildman–Crippen MR) is 83.7 cm³/mol. The van der Waals surface area contributed by atoms with Crippen LogP contribution >= 0.6 is 24.8 Å². The molecule has 6 nitrogen and oxygen atoms in total. The van der Waals surface area contributed by atoms with Gasteiger partial charge in [-0.15, -0.1) is 24.8 Å². The lowest BCUT2D eigenvalue weighted by atomic mass is 10.1. The summed E-state index contributed by atoms with van der Waals surface area (Å²) in [5.41, 5.74) is 7.64. The highest BCUT2D eigenvalue weighted by Gasteiger charge is 2.17. The molecule has 2 heterocycles. The smallest absolute Gasteiger partial charge is 0.255 e. The van der Waals surface area contributed by atoms with Crippen molar-refractivity contribution in [3.63, 3.8) is 0 Å². The third-order valence-corrected chi connectivity index (χ3v) is 3.17. The van der Waals surface area contributed by atoms with E-state index in [2.05, 4.69) is 15.2 Å². The molecule has 112 valence electrons. The van der Waals surface area contributed by atoms with E-state index in [9.17, 15) is 4.79 Å². The van der Waals surface area contributed by atoms with E-state index in [0.29, 0.717) is 17.8 Å². The Morgan fingerprint density at radius 2 is 2.15 bits per heavy atom. The minimum Gasteiger partial charge on any atom is -0.338 e. The molecule has 8 heteroatoms. The summed E-state index contributed by atoms with van der Waals surface area (Å²) in [5.74, 6) is -0.0806. The van der Waals surface area contributed by atoms with Gasteiger partial charge < -0.3 is 10.6 Å². The Kier molecular flexibility index (Phi) is 6.91. The summed E-state index contributed by atoms with van der Waals surface area (Å²) in [4.78, 5) is 18.0. The molecule has 0 aliphatic rings. The largest absolute Gasteiger partial charge is 0.338 e. The number of nitrogens with two attached hydrogens (primary N) is 1. The van der Waals surface area contributed by atoms with Gasteiger partial charge in [-0.2, -0.15) is 5.10 Å². The molecule has 0 aliphatic heterocycles. The molecular formula is C12H19Cl2N5O. The molecule has 0 bridgehead atoms. The van der Waals surface area contributed by atoms with E-state index in [1.54, 1.807) is 18.1 Å². The standard InChI is InChI=1S/C12H17N5O.2ClH/c1-7(5-13)17(3)12(18)9-4-10-8(2)15-16-11(10)14-6-9;;/h4,6-7H,5,13H2,1-3H3,(H,14,15,16);2*1H. The predicted octanol–water partition coefficient (Wildman–Crippen LogP) is 1.53. The molecule has 1 atom stereocenters. The van der Waals surface area contributed by atoms with E-state index < -0.39 is 0 Å². The summed E-state index contributed by atoms with van der Waals surface area (Å²) >= 11 is 0. The Bertz CT molecular complexity index is 586. The van der Waals surface area contributed by atoms with Crippen LogP contribution < -0.4 is 5.73 Å². The van der Waals surface area contributed by atoms with E-state index in [1.165, 1.54) is 0 Å². The van der Waals surface area contributed by atoms with Crippen molar-refractivity contribution in [2.45, 2.75) is 19.9 Å². The number of carbonyl (C=O) groups excluding carboxylic acids is 1. The van der Waals surface area contributed by atoms with Crippen LogP contribution in [0, 0.1) is 6.92 Å². The number of aromatic amines is 1. The molecule has 2 aromatic heterocycles. The van der Waals surface area contributed by atoms with Gasteiger partial charge in [-0.25, -0.2) is 4.98 Å². The number of likely N-dealkylation sites (N-methyl/N-ethyl adjacent to an activating group) is 1. The van der Waals surface area contributed by atoms with Crippen LogP contribution in [0.5, 0.6) is 0 Å². The number of pyridine rings is 1. The second-order valence-electron chi connectivity index (χ2n) is 4.44. The van der Waals surface area contributed by atoms with Crippen LogP contribution in [0.2, 0.25) is 0 Å². The molecule has 1 amide bonds. The van der Waals surface area contributed by atoms with Gasteiger partial charge in [0.15, 0.2) is 5.65 Å². The first-order valence-electron chi connectivity index (χ1n) is 5.82. The van der Waals surface area contributed by atoms with Gasteiger partial charge in [0.2, 0.25) is 0 Å². The number of rotatable bonds is 3. The second-order valence-corrected chi connectivity index (χ2v) is 4.44. The summed E-state index contributed by atoms with van der Waals surface area (Å²) in [6, 6.07) is 1.81. The molecule has 0 aliphatic carbocycles. The molecular weight excluding hydrogens is 301 g/mol. The highest BCUT2D eigenvalue weighted by molar-refractivity contribution is 5.97. The first kappa shape index (κ1) is 18.6. The lowest BCUT2D eigenvalue weighted by Gasteiger charge is -2.23. The summed E-state index contributed by atoms with van der Waals surface area (Å²) in [7, 11) is 1.74. The molecule has 0 saturated heterocycles. The average Bonchev–Trinajstić information content (AvgIpc) is 2.77. The fourth-order valence-electron chi connectivity index (χ4n) is 1.70. The Hall–Kier alpha value is -1.37. The molecule has 1 unspecified atom stereocenters. The molecule has 0 radical (unpaired) electrons. The Labute approximate surface area is 129 Å². The van der Waals surface area contributed by atoms with Crippen LogP contribution in [-0.2, 0) is 0 Å². The zero-order valence-electron chi connectivity index (χ0n) is 11.6. The molecule has 2 aromatic rings. The highest BCUT2D eigenvalue weighted by Crippen LogP contribution is 2.15. The topological polar surface area (TPSA) is 87.9 Å². The molecule has 0 saturated carbocycles. The number of amides is 1. The monoisotopic (exact) mass is 319 g/mol. The van der Waals surface area contributed by atoms with Crippen molar-refractivity contribution in [1.29, 1.82) is 0 Å². The summed E-state index contributed by atoms with van der Waals surface area (Å²) < 4.78 is 0. The molecule has 20 heavy (non-hydrogen) atoms. The van der Waals surface area contributed by atoms with Crippen molar-refractivity contribution in [2.75, 3.05) is 13.6 Å². The number of fused-ring (bicyclic) bond motifs is 1. The van der Waals surface area contributed by atoms with E-state index >= 15 is 0 Å². The summed E-state index contributed by atoms with van der Waals surface area (Å²) in [6.45, 7) is 4.24. The van der Waals surface area contributed by atoms with Gasteiger partial charge in [-0.3, -0.25) is 9.89 Å². The first-order chi connectivity index (χ1) is 8.54. The van der Waals surface area contributed by atoms with Crippen molar-refractivity contribution < 1.29 is 4.79 Å². The fourth-order valence-corrected chi connectivity index (χ4v) is 1.70. The molecule has 3 N–H and O–H groups in total. The second kappa shape index (κ2) is 7.42. The summed E-state index contributed by atoms with van der Waals surface area (Å²) in [6.07, 6.45) is 1.55. The van der Waals surface area contributed by atoms with Gasteiger partial charge in [0.05, 0.1) is 5.56 Å². The number of nitrogens with zero attached hydrogens (tertiary/aromatic N) is 3. The van der Waals surface area contributed by atoms with E-state index in [-0.39, 0.29) is 36.8 Å². The lowest BCUT2D eigenvalue weighted by molar-refractivity contribution is 0.0748. The van der Waals surface area contributed by atoms with E-state index in [4.69, 9.17) is 5.73 Å². The van der Waals surface area contributed by atoms with Crippen LogP contribution in [-0.4, -0.2) is 45.6 Å². The minimum absolute atomic E-state index is 0. The van der Waals surface area contributed by atoms with Gasteiger partial charge in [-0.05, 0) is 19.9 Å². The van der Waals surface area contributed by atoms with Gasteiger partial charge >= 0.3 is 0 Å². The van der Waals surface area contributed by atoms with Crippen LogP contribution in [0.4, 0.5) is 0 Å². The Morgan fingerprint density at radius 3 is 2.75 bits per heavy atom. The van der Waals surface area contributed by atoms with Gasteiger partial charge in [-0.1, -0.05) is 0 Å². The zero-order chi connectivity index (χ0) is 13.3. The minimum atomic E-state index is -0.0806. The Morgan fingerprint density at radius 1 is 1.50 bits per heavy atom. The fraction of sp³-hybridized carbons (Fsp3) is 0.417. The summed E-state index contributed by atoms with van der Waals surface area (Å²) in [5, 5.41) is 7.75. The zero-order valence-corrected chi connectivity index (χ0v) is 13.2. The van der Waals surface area contributed by atoms with Crippen molar-refractivity contribution in [3.8, 4) is 0 Å². The maximum absolute atomic E-state index is 12.2. The first-order valence-corrected chi connectivity index (χ1v) is 5.82. The lowest BCUT2D eigenvalue weighted by Crippen LogP contribution is -2.39. The number of hydrogen-bond donors (Lipinski definition) is 2. The number of aromatic nitrogens is 3. The number of carbonyl (C=O) groups is 1. The maximum Gasteiger partial charge on any atom is 0.255 e. The van der Waals surface area contributed by atoms with Gasteiger partial charge in [0.25, 0.3) is 5.91 Å². The van der Waals surface area contributed by atoms with Gasteiger partial charge in [0.1, 0.15) is 0 Å². The highest BCUT2D eigenvalue weighted by atomic mass is 35.5. The third kappa shape index (κ3) is 3.39. The van der Waals surface area contributed by atoms with Crippen molar-refractivity contribution in [2.24, 2.45) is 5.73 Å². The quantitative estimate of drug-likeness (QED) is 0.898. The SMILES string of the molecule is Cc1[nH]nc2ncc(C(=O)N(C)C(C)CN)cc12.Cl.Cl. The molecule has 0 fully saturated rings.